The number of rotatable bonds is 6. The molecule has 6 atom stereocenters. The van der Waals surface area contributed by atoms with E-state index in [-0.39, 0.29) is 59.4 Å². The molecule has 208 valence electrons. The molecular weight excluding hydrogens is 512 g/mol. The van der Waals surface area contributed by atoms with Gasteiger partial charge in [-0.3, -0.25) is 14.4 Å². The van der Waals surface area contributed by atoms with Crippen LogP contribution in [0.4, 0.5) is 0 Å². The Labute approximate surface area is 224 Å². The Morgan fingerprint density at radius 3 is 2.36 bits per heavy atom. The number of phenolic OH excluding ortho intramolecular Hbond substituents is 2. The van der Waals surface area contributed by atoms with Gasteiger partial charge >= 0.3 is 0 Å². The van der Waals surface area contributed by atoms with E-state index in [4.69, 9.17) is 9.47 Å². The number of ketones is 3. The number of hydrogen-bond acceptors (Lipinski definition) is 11. The molecule has 5 rings (SSSR count). The molecule has 0 saturated carbocycles. The average molecular weight is 544 g/mol. The highest BCUT2D eigenvalue weighted by Crippen LogP contribution is 2.52. The lowest BCUT2D eigenvalue weighted by Gasteiger charge is -2.42. The van der Waals surface area contributed by atoms with Crippen molar-refractivity contribution in [3.8, 4) is 11.5 Å². The Morgan fingerprint density at radius 2 is 1.77 bits per heavy atom. The fourth-order valence-corrected chi connectivity index (χ4v) is 5.84. The first kappa shape index (κ1) is 27.4. The minimum absolute atomic E-state index is 0.0139. The monoisotopic (exact) mass is 543 g/mol. The number of aliphatic hydroxyl groups is 3. The Kier molecular flexibility index (Phi) is 7.08. The molecule has 2 aromatic rings. The number of aliphatic hydroxyl groups excluding tert-OH is 2. The van der Waals surface area contributed by atoms with E-state index < -0.39 is 71.5 Å². The maximum absolute atomic E-state index is 13.4. The lowest BCUT2D eigenvalue weighted by molar-refractivity contribution is -0.249. The predicted molar refractivity (Wildman–Crippen MR) is 135 cm³/mol. The number of aromatic hydroxyl groups is 2. The van der Waals surface area contributed by atoms with Crippen molar-refractivity contribution in [2.75, 3.05) is 13.2 Å². The van der Waals surface area contributed by atoms with Crippen LogP contribution < -0.4 is 5.32 Å². The number of fused-ring (bicyclic) bond motifs is 3. The lowest BCUT2D eigenvalue weighted by Crippen LogP contribution is -2.55. The Balaban J connectivity index is 1.61. The Morgan fingerprint density at radius 1 is 1.15 bits per heavy atom. The summed E-state index contributed by atoms with van der Waals surface area (Å²) in [4.78, 5) is 39.3. The normalized spacial score (nSPS) is 29.9. The number of phenols is 2. The molecule has 2 aliphatic carbocycles. The number of ether oxygens (including phenoxy) is 2. The van der Waals surface area contributed by atoms with E-state index in [1.165, 1.54) is 19.1 Å². The highest BCUT2D eigenvalue weighted by molar-refractivity contribution is 6.30. The van der Waals surface area contributed by atoms with Crippen LogP contribution in [0.3, 0.4) is 0 Å². The largest absolute Gasteiger partial charge is 0.507 e. The summed E-state index contributed by atoms with van der Waals surface area (Å²) in [5.74, 6) is -3.10. The van der Waals surface area contributed by atoms with Crippen molar-refractivity contribution >= 4 is 17.3 Å². The number of hydrogen-bond donors (Lipinski definition) is 6. The molecule has 0 aromatic heterocycles. The number of nitrogens with one attached hydrogen (secondary N) is 1. The summed E-state index contributed by atoms with van der Waals surface area (Å²) in [6, 6.07) is 5.55. The van der Waals surface area contributed by atoms with E-state index in [0.717, 1.165) is 0 Å². The van der Waals surface area contributed by atoms with E-state index in [1.54, 1.807) is 19.1 Å². The predicted octanol–water partition coefficient (Wildman–Crippen LogP) is 0.643. The smallest absolute Gasteiger partial charge is 0.198 e. The van der Waals surface area contributed by atoms with Crippen molar-refractivity contribution in [3.63, 3.8) is 0 Å². The lowest BCUT2D eigenvalue weighted by atomic mass is 9.73. The van der Waals surface area contributed by atoms with Crippen LogP contribution in [0.25, 0.3) is 0 Å². The van der Waals surface area contributed by atoms with E-state index in [1.807, 2.05) is 0 Å². The summed E-state index contributed by atoms with van der Waals surface area (Å²) in [5, 5.41) is 56.7. The zero-order valence-electron chi connectivity index (χ0n) is 21.5. The third kappa shape index (κ3) is 4.45. The molecule has 2 aromatic carbocycles. The van der Waals surface area contributed by atoms with Gasteiger partial charge in [-0.15, -0.1) is 0 Å². The van der Waals surface area contributed by atoms with Gasteiger partial charge in [-0.05, 0) is 13.8 Å². The molecule has 1 unspecified atom stereocenters. The van der Waals surface area contributed by atoms with Gasteiger partial charge in [0, 0.05) is 54.1 Å². The van der Waals surface area contributed by atoms with Crippen molar-refractivity contribution in [2.45, 2.75) is 69.4 Å². The molecule has 6 N–H and O–H groups in total. The van der Waals surface area contributed by atoms with Gasteiger partial charge in [-0.2, -0.15) is 0 Å². The van der Waals surface area contributed by atoms with Gasteiger partial charge in [-0.1, -0.05) is 24.3 Å². The zero-order chi connectivity index (χ0) is 28.2. The second-order valence-electron chi connectivity index (χ2n) is 10.4. The van der Waals surface area contributed by atoms with Gasteiger partial charge < -0.3 is 40.3 Å². The van der Waals surface area contributed by atoms with E-state index in [2.05, 4.69) is 5.32 Å². The van der Waals surface area contributed by atoms with Crippen molar-refractivity contribution in [1.29, 1.82) is 0 Å². The van der Waals surface area contributed by atoms with Crippen molar-refractivity contribution in [3.05, 3.63) is 57.6 Å². The second kappa shape index (κ2) is 10.1. The van der Waals surface area contributed by atoms with E-state index in [0.29, 0.717) is 0 Å². The highest BCUT2D eigenvalue weighted by atomic mass is 16.7. The molecule has 0 bridgehead atoms. The quantitative estimate of drug-likeness (QED) is 0.240. The zero-order valence-corrected chi connectivity index (χ0v) is 21.5. The summed E-state index contributed by atoms with van der Waals surface area (Å²) in [6.45, 7) is 2.89. The molecule has 1 heterocycles. The van der Waals surface area contributed by atoms with Crippen LogP contribution in [-0.4, -0.2) is 86.2 Å². The maximum Gasteiger partial charge on any atom is 0.198 e. The molecule has 0 spiro atoms. The van der Waals surface area contributed by atoms with Crippen LogP contribution in [-0.2, 0) is 20.7 Å². The Bertz CT molecular complexity index is 1360. The minimum Gasteiger partial charge on any atom is -0.507 e. The average Bonchev–Trinajstić information content (AvgIpc) is 2.90. The number of carbonyl (C=O) groups excluding carboxylic acids is 3. The maximum atomic E-state index is 13.4. The van der Waals surface area contributed by atoms with Gasteiger partial charge in [0.15, 0.2) is 23.6 Å². The summed E-state index contributed by atoms with van der Waals surface area (Å²) >= 11 is 0. The third-order valence-corrected chi connectivity index (χ3v) is 7.97. The number of benzene rings is 2. The molecule has 3 aliphatic rings. The molecular formula is C28H31NO10. The summed E-state index contributed by atoms with van der Waals surface area (Å²) in [6.07, 6.45) is -4.39. The van der Waals surface area contributed by atoms with Crippen LogP contribution >= 0.6 is 0 Å². The van der Waals surface area contributed by atoms with Crippen molar-refractivity contribution < 1.29 is 49.4 Å². The number of Topliss-reactive ketones (excluding diaryl/α,β-unsaturated/α-hetero) is 1. The van der Waals surface area contributed by atoms with Crippen molar-refractivity contribution in [2.24, 2.45) is 0 Å². The van der Waals surface area contributed by atoms with Crippen LogP contribution in [0.5, 0.6) is 11.5 Å². The fraction of sp³-hybridized carbons (Fsp3) is 0.464. The van der Waals surface area contributed by atoms with Crippen LogP contribution in [0.1, 0.15) is 75.8 Å². The van der Waals surface area contributed by atoms with Crippen molar-refractivity contribution in [1.82, 2.24) is 5.32 Å². The van der Waals surface area contributed by atoms with Gasteiger partial charge in [0.25, 0.3) is 0 Å². The van der Waals surface area contributed by atoms with Gasteiger partial charge in [0.2, 0.25) is 0 Å². The Hall–Kier alpha value is -3.19. The van der Waals surface area contributed by atoms with Crippen LogP contribution in [0, 0.1) is 0 Å². The van der Waals surface area contributed by atoms with E-state index in [9.17, 15) is 39.9 Å². The molecule has 1 fully saturated rings. The first-order chi connectivity index (χ1) is 18.5. The number of carbonyl (C=O) groups is 3. The highest BCUT2D eigenvalue weighted by Gasteiger charge is 2.49. The first-order valence-corrected chi connectivity index (χ1v) is 12.8. The fourth-order valence-electron chi connectivity index (χ4n) is 5.84. The van der Waals surface area contributed by atoms with Gasteiger partial charge in [0.1, 0.15) is 17.1 Å². The molecule has 39 heavy (non-hydrogen) atoms. The second-order valence-corrected chi connectivity index (χ2v) is 10.4. The van der Waals surface area contributed by atoms with Gasteiger partial charge in [0.05, 0.1) is 36.0 Å². The van der Waals surface area contributed by atoms with Gasteiger partial charge in [-0.25, -0.2) is 0 Å². The SMILES string of the molecule is C[C@@H]1O[C@@H](OC2C[C@](O)(C([14CH3])=O)Cc3c(O)c4c(c(O)c32)C(=O)c2ccccc2C4=O)C[C@H](NCCO)[C@@H]1O. The summed E-state index contributed by atoms with van der Waals surface area (Å²) in [7, 11) is 0. The molecule has 11 heteroatoms. The van der Waals surface area contributed by atoms with Crippen LogP contribution in [0.15, 0.2) is 24.3 Å². The minimum atomic E-state index is -2.00. The van der Waals surface area contributed by atoms with E-state index >= 15 is 0 Å². The summed E-state index contributed by atoms with van der Waals surface area (Å²) in [5.41, 5.74) is -2.69. The molecule has 1 aliphatic heterocycles. The standard InChI is InChI=1S/C28H31NO10/c1-12-23(32)17(29-7-8-30)9-19(38-12)39-18-11-28(37,13(2)31)10-16-20(18)27(36)22-21(26(16)35)24(33)14-5-3-4-6-15(14)25(22)34/h3-6,12,17-19,23,29-30,32,35-37H,7-11H2,1-2H3/t12-,17-,18?,19-,23+,28-/m0/s1/i2+2. The molecule has 0 radical (unpaired) electrons. The topological polar surface area (TPSA) is 183 Å². The molecule has 11 nitrogen and oxygen atoms in total. The first-order valence-electron chi connectivity index (χ1n) is 12.8. The summed E-state index contributed by atoms with van der Waals surface area (Å²) < 4.78 is 12.0. The van der Waals surface area contributed by atoms with Crippen LogP contribution in [0.2, 0.25) is 0 Å². The molecule has 0 amide bonds. The molecule has 1 saturated heterocycles. The third-order valence-electron chi connectivity index (χ3n) is 7.97.